The molecule has 0 spiro atoms. The number of aryl methyl sites for hydroxylation is 1. The minimum atomic E-state index is 0.579. The largest absolute Gasteiger partial charge is 0.298 e. The minimum absolute atomic E-state index is 0.579. The Kier molecular flexibility index (Phi) is 2.10. The fraction of sp³-hybridized carbons (Fsp3) is 0.100. The normalized spacial score (nSPS) is 10.6. The molecule has 0 unspecified atom stereocenters. The van der Waals surface area contributed by atoms with Crippen molar-refractivity contribution in [2.75, 3.05) is 0 Å². The van der Waals surface area contributed by atoms with E-state index in [-0.39, 0.29) is 0 Å². The summed E-state index contributed by atoms with van der Waals surface area (Å²) in [5, 5.41) is 0.954. The van der Waals surface area contributed by atoms with Crippen LogP contribution in [0.4, 0.5) is 0 Å². The molecule has 1 heterocycles. The summed E-state index contributed by atoms with van der Waals surface area (Å²) in [6.07, 6.45) is 0.816. The van der Waals surface area contributed by atoms with Crippen LogP contribution >= 0.6 is 22.9 Å². The van der Waals surface area contributed by atoms with Gasteiger partial charge in [0.25, 0.3) is 0 Å². The van der Waals surface area contributed by atoms with Gasteiger partial charge in [0.15, 0.2) is 6.29 Å². The lowest BCUT2D eigenvalue weighted by Gasteiger charge is -1.92. The van der Waals surface area contributed by atoms with E-state index in [2.05, 4.69) is 0 Å². The molecule has 0 aliphatic rings. The van der Waals surface area contributed by atoms with Gasteiger partial charge in [-0.3, -0.25) is 4.79 Å². The van der Waals surface area contributed by atoms with Crippen molar-refractivity contribution in [3.63, 3.8) is 0 Å². The zero-order chi connectivity index (χ0) is 9.42. The van der Waals surface area contributed by atoms with Gasteiger partial charge in [-0.25, -0.2) is 0 Å². The second-order valence-electron chi connectivity index (χ2n) is 2.91. The van der Waals surface area contributed by atoms with Crippen molar-refractivity contribution >= 4 is 39.3 Å². The van der Waals surface area contributed by atoms with E-state index in [1.165, 1.54) is 16.9 Å². The lowest BCUT2D eigenvalue weighted by molar-refractivity contribution is 0.112. The second kappa shape index (κ2) is 3.13. The zero-order valence-electron chi connectivity index (χ0n) is 7.00. The van der Waals surface area contributed by atoms with Crippen LogP contribution in [-0.4, -0.2) is 6.29 Å². The van der Waals surface area contributed by atoms with Crippen LogP contribution in [0.1, 0.15) is 15.9 Å². The molecule has 2 aromatic rings. The van der Waals surface area contributed by atoms with Crippen LogP contribution in [0.25, 0.3) is 10.1 Å². The van der Waals surface area contributed by atoms with E-state index in [0.29, 0.717) is 9.90 Å². The summed E-state index contributed by atoms with van der Waals surface area (Å²) in [4.78, 5) is 10.7. The van der Waals surface area contributed by atoms with Gasteiger partial charge in [-0.05, 0) is 18.6 Å². The molecule has 0 atom stereocenters. The number of hydrogen-bond acceptors (Lipinski definition) is 2. The summed E-state index contributed by atoms with van der Waals surface area (Å²) >= 11 is 7.36. The van der Waals surface area contributed by atoms with E-state index < -0.39 is 0 Å². The number of rotatable bonds is 1. The predicted molar refractivity (Wildman–Crippen MR) is 57.0 cm³/mol. The maximum absolute atomic E-state index is 10.7. The summed E-state index contributed by atoms with van der Waals surface area (Å²) < 4.78 is 1.66. The monoisotopic (exact) mass is 210 g/mol. The van der Waals surface area contributed by atoms with Crippen molar-refractivity contribution < 1.29 is 4.79 Å². The van der Waals surface area contributed by atoms with E-state index in [9.17, 15) is 4.79 Å². The van der Waals surface area contributed by atoms with Gasteiger partial charge in [-0.2, -0.15) is 0 Å². The molecule has 1 aromatic carbocycles. The Labute approximate surface area is 84.9 Å². The van der Waals surface area contributed by atoms with Gasteiger partial charge in [0.1, 0.15) is 4.34 Å². The van der Waals surface area contributed by atoms with Crippen molar-refractivity contribution in [1.82, 2.24) is 0 Å². The quantitative estimate of drug-likeness (QED) is 0.657. The third-order valence-electron chi connectivity index (χ3n) is 1.96. The van der Waals surface area contributed by atoms with Crippen molar-refractivity contribution in [2.45, 2.75) is 6.92 Å². The molecule has 1 nitrogen and oxygen atoms in total. The molecule has 0 bridgehead atoms. The molecule has 0 aliphatic heterocycles. The first-order chi connectivity index (χ1) is 6.22. The highest BCUT2D eigenvalue weighted by molar-refractivity contribution is 7.23. The van der Waals surface area contributed by atoms with Crippen LogP contribution in [0.3, 0.4) is 0 Å². The smallest absolute Gasteiger partial charge is 0.153 e. The summed E-state index contributed by atoms with van der Waals surface area (Å²) in [5.41, 5.74) is 1.80. The highest BCUT2D eigenvalue weighted by Gasteiger charge is 2.08. The van der Waals surface area contributed by atoms with Crippen molar-refractivity contribution in [3.05, 3.63) is 33.7 Å². The molecule has 0 saturated heterocycles. The summed E-state index contributed by atoms with van der Waals surface area (Å²) in [5.74, 6) is 0. The number of thiophene rings is 1. The Morgan fingerprint density at radius 1 is 1.46 bits per heavy atom. The number of halogens is 1. The molecule has 2 rings (SSSR count). The highest BCUT2D eigenvalue weighted by Crippen LogP contribution is 2.34. The summed E-state index contributed by atoms with van der Waals surface area (Å²) in [6.45, 7) is 2.02. The Hall–Kier alpha value is -0.860. The van der Waals surface area contributed by atoms with Gasteiger partial charge in [0.05, 0.1) is 5.56 Å². The topological polar surface area (TPSA) is 17.1 Å². The fourth-order valence-corrected chi connectivity index (χ4v) is 2.69. The van der Waals surface area contributed by atoms with Gasteiger partial charge >= 0.3 is 0 Å². The molecule has 0 aliphatic carbocycles. The molecule has 1 aromatic heterocycles. The minimum Gasteiger partial charge on any atom is -0.298 e. The molecule has 13 heavy (non-hydrogen) atoms. The number of hydrogen-bond donors (Lipinski definition) is 0. The lowest BCUT2D eigenvalue weighted by atomic mass is 10.1. The fourth-order valence-electron chi connectivity index (χ4n) is 1.30. The molecule has 3 heteroatoms. The van der Waals surface area contributed by atoms with Crippen LogP contribution in [0, 0.1) is 6.92 Å². The maximum atomic E-state index is 10.7. The average molecular weight is 211 g/mol. The van der Waals surface area contributed by atoms with E-state index >= 15 is 0 Å². The third kappa shape index (κ3) is 1.36. The number of carbonyl (C=O) groups excluding carboxylic acids is 1. The van der Waals surface area contributed by atoms with E-state index in [0.717, 1.165) is 16.4 Å². The average Bonchev–Trinajstić information content (AvgIpc) is 2.39. The van der Waals surface area contributed by atoms with Crippen LogP contribution < -0.4 is 0 Å². The first-order valence-corrected chi connectivity index (χ1v) is 5.05. The second-order valence-corrected chi connectivity index (χ2v) is 4.56. The Balaban J connectivity index is 2.86. The van der Waals surface area contributed by atoms with Crippen LogP contribution in [0.5, 0.6) is 0 Å². The number of fused-ring (bicyclic) bond motifs is 1. The molecule has 0 amide bonds. The number of aldehydes is 1. The van der Waals surface area contributed by atoms with Gasteiger partial charge < -0.3 is 0 Å². The molecule has 0 saturated carbocycles. The molecule has 0 fully saturated rings. The van der Waals surface area contributed by atoms with Gasteiger partial charge in [-0.1, -0.05) is 23.7 Å². The molecule has 0 radical (unpaired) electrons. The predicted octanol–water partition coefficient (Wildman–Crippen LogP) is 3.68. The summed E-state index contributed by atoms with van der Waals surface area (Å²) in [7, 11) is 0. The maximum Gasteiger partial charge on any atom is 0.153 e. The van der Waals surface area contributed by atoms with Crippen LogP contribution in [-0.2, 0) is 0 Å². The number of benzene rings is 1. The number of carbonyl (C=O) groups is 1. The zero-order valence-corrected chi connectivity index (χ0v) is 8.58. The SMILES string of the molecule is Cc1ccc2c(C=O)c(Cl)sc2c1. The third-order valence-corrected chi connectivity index (χ3v) is 3.35. The molecule has 0 N–H and O–H groups in total. The van der Waals surface area contributed by atoms with Crippen molar-refractivity contribution in [3.8, 4) is 0 Å². The Morgan fingerprint density at radius 3 is 2.92 bits per heavy atom. The van der Waals surface area contributed by atoms with Crippen molar-refractivity contribution in [1.29, 1.82) is 0 Å². The van der Waals surface area contributed by atoms with Crippen LogP contribution in [0.2, 0.25) is 4.34 Å². The first kappa shape index (κ1) is 8.73. The lowest BCUT2D eigenvalue weighted by Crippen LogP contribution is -1.76. The van der Waals surface area contributed by atoms with E-state index in [1.807, 2.05) is 25.1 Å². The van der Waals surface area contributed by atoms with Crippen molar-refractivity contribution in [2.24, 2.45) is 0 Å². The first-order valence-electron chi connectivity index (χ1n) is 3.86. The summed E-state index contributed by atoms with van der Waals surface area (Å²) in [6, 6.07) is 5.97. The van der Waals surface area contributed by atoms with Gasteiger partial charge in [0.2, 0.25) is 0 Å². The van der Waals surface area contributed by atoms with Crippen LogP contribution in [0.15, 0.2) is 18.2 Å². The van der Waals surface area contributed by atoms with E-state index in [1.54, 1.807) is 0 Å². The molecular weight excluding hydrogens is 204 g/mol. The standard InChI is InChI=1S/C10H7ClOS/c1-6-2-3-7-8(5-12)10(11)13-9(7)4-6/h2-5H,1H3. The van der Waals surface area contributed by atoms with Gasteiger partial charge in [0, 0.05) is 10.1 Å². The van der Waals surface area contributed by atoms with Gasteiger partial charge in [-0.15, -0.1) is 11.3 Å². The highest BCUT2D eigenvalue weighted by atomic mass is 35.5. The molecular formula is C10H7ClOS. The van der Waals surface area contributed by atoms with E-state index in [4.69, 9.17) is 11.6 Å². The Bertz CT molecular complexity index is 473. The molecule has 66 valence electrons. The Morgan fingerprint density at radius 2 is 2.23 bits per heavy atom.